The summed E-state index contributed by atoms with van der Waals surface area (Å²) in [6, 6.07) is 14.6. The smallest absolute Gasteiger partial charge is 0.272 e. The van der Waals surface area contributed by atoms with Crippen LogP contribution in [0.25, 0.3) is 0 Å². The topological polar surface area (TPSA) is 84.6 Å². The maximum atomic E-state index is 13.5. The second kappa shape index (κ2) is 8.47. The van der Waals surface area contributed by atoms with E-state index in [2.05, 4.69) is 9.08 Å². The van der Waals surface area contributed by atoms with Gasteiger partial charge in [-0.25, -0.2) is 4.21 Å². The van der Waals surface area contributed by atoms with E-state index in [9.17, 15) is 9.00 Å². The molecule has 2 aromatic carbocycles. The number of anilines is 1. The van der Waals surface area contributed by atoms with E-state index in [1.54, 1.807) is 42.5 Å². The lowest BCUT2D eigenvalue weighted by Crippen LogP contribution is -2.32. The van der Waals surface area contributed by atoms with E-state index >= 15 is 0 Å². The Hall–Kier alpha value is -1.89. The van der Waals surface area contributed by atoms with Crippen LogP contribution in [0, 0.1) is 5.92 Å². The van der Waals surface area contributed by atoms with Gasteiger partial charge in [-0.15, -0.1) is 4.36 Å². The number of rotatable bonds is 6. The van der Waals surface area contributed by atoms with Crippen molar-refractivity contribution in [1.29, 1.82) is 0 Å². The summed E-state index contributed by atoms with van der Waals surface area (Å²) in [7, 11) is -3.26. The number of benzene rings is 2. The average molecular weight is 380 g/mol. The number of amides is 1. The molecule has 0 aliphatic heterocycles. The molecule has 2 rings (SSSR count). The highest BCUT2D eigenvalue weighted by atomic mass is 35.5. The van der Waals surface area contributed by atoms with Crippen LogP contribution in [-0.4, -0.2) is 16.2 Å². The highest BCUT2D eigenvalue weighted by molar-refractivity contribution is 7.95. The first kappa shape index (κ1) is 19.4. The molecule has 2 aromatic rings. The minimum atomic E-state index is -3.26. The van der Waals surface area contributed by atoms with Crippen molar-refractivity contribution in [2.24, 2.45) is 16.0 Å². The maximum absolute atomic E-state index is 13.5. The molecule has 0 heterocycles. The van der Waals surface area contributed by atoms with Crippen LogP contribution in [0.4, 0.5) is 5.69 Å². The number of nitrogens with two attached hydrogens (primary N) is 1. The van der Waals surface area contributed by atoms with E-state index in [1.165, 1.54) is 6.07 Å². The van der Waals surface area contributed by atoms with Gasteiger partial charge in [0.1, 0.15) is 0 Å². The van der Waals surface area contributed by atoms with Gasteiger partial charge in [-0.3, -0.25) is 9.52 Å². The number of para-hydroxylation sites is 1. The molecule has 0 fully saturated rings. The fourth-order valence-electron chi connectivity index (χ4n) is 2.24. The Labute approximate surface area is 153 Å². The Morgan fingerprint density at radius 3 is 2.48 bits per heavy atom. The van der Waals surface area contributed by atoms with Gasteiger partial charge in [0.25, 0.3) is 5.91 Å². The average Bonchev–Trinajstić information content (AvgIpc) is 2.55. The molecule has 0 aromatic heterocycles. The summed E-state index contributed by atoms with van der Waals surface area (Å²) < 4.78 is 20.3. The van der Waals surface area contributed by atoms with Crippen molar-refractivity contribution in [2.75, 3.05) is 4.72 Å². The van der Waals surface area contributed by atoms with Gasteiger partial charge in [0.15, 0.2) is 9.92 Å². The van der Waals surface area contributed by atoms with Crippen molar-refractivity contribution in [1.82, 2.24) is 0 Å². The van der Waals surface area contributed by atoms with Crippen LogP contribution in [0.1, 0.15) is 20.3 Å². The molecule has 1 amide bonds. The van der Waals surface area contributed by atoms with Gasteiger partial charge in [0.2, 0.25) is 0 Å². The van der Waals surface area contributed by atoms with Crippen LogP contribution in [0.15, 0.2) is 63.9 Å². The van der Waals surface area contributed by atoms with Gasteiger partial charge in [0.05, 0.1) is 10.9 Å². The van der Waals surface area contributed by atoms with Crippen molar-refractivity contribution in [2.45, 2.75) is 31.2 Å². The van der Waals surface area contributed by atoms with Crippen LogP contribution in [0.3, 0.4) is 0 Å². The SMILES string of the molecule is CC(C)C[C@H](N)C(=O)N=S(=O)(Nc1ccccc1)c1cccc(Cl)c1. The predicted octanol–water partition coefficient (Wildman–Crippen LogP) is 4.09. The molecule has 25 heavy (non-hydrogen) atoms. The summed E-state index contributed by atoms with van der Waals surface area (Å²) in [5.41, 5.74) is 6.49. The van der Waals surface area contributed by atoms with Crippen LogP contribution < -0.4 is 10.5 Å². The lowest BCUT2D eigenvalue weighted by Gasteiger charge is -2.15. The van der Waals surface area contributed by atoms with E-state index in [4.69, 9.17) is 17.3 Å². The molecule has 5 nitrogen and oxygen atoms in total. The molecule has 0 saturated heterocycles. The Bertz CT molecular complexity index is 846. The quantitative estimate of drug-likeness (QED) is 0.792. The molecule has 0 bridgehead atoms. The van der Waals surface area contributed by atoms with E-state index in [0.29, 0.717) is 22.0 Å². The van der Waals surface area contributed by atoms with E-state index in [1.807, 2.05) is 19.9 Å². The van der Waals surface area contributed by atoms with Crippen molar-refractivity contribution in [3.8, 4) is 0 Å². The molecule has 134 valence electrons. The largest absolute Gasteiger partial charge is 0.320 e. The van der Waals surface area contributed by atoms with Crippen LogP contribution >= 0.6 is 11.6 Å². The minimum Gasteiger partial charge on any atom is -0.320 e. The van der Waals surface area contributed by atoms with Gasteiger partial charge < -0.3 is 5.73 Å². The third-order valence-electron chi connectivity index (χ3n) is 3.41. The number of hydrogen-bond donors (Lipinski definition) is 2. The molecule has 0 radical (unpaired) electrons. The highest BCUT2D eigenvalue weighted by Gasteiger charge is 2.20. The van der Waals surface area contributed by atoms with Crippen molar-refractivity contribution in [3.05, 3.63) is 59.6 Å². The Morgan fingerprint density at radius 2 is 1.88 bits per heavy atom. The first-order valence-electron chi connectivity index (χ1n) is 7.95. The molecule has 1 unspecified atom stereocenters. The van der Waals surface area contributed by atoms with Crippen molar-refractivity contribution < 1.29 is 9.00 Å². The zero-order valence-electron chi connectivity index (χ0n) is 14.2. The molecule has 0 aliphatic rings. The highest BCUT2D eigenvalue weighted by Crippen LogP contribution is 2.22. The fourth-order valence-corrected chi connectivity index (χ4v) is 4.16. The van der Waals surface area contributed by atoms with E-state index in [0.717, 1.165) is 0 Å². The van der Waals surface area contributed by atoms with Gasteiger partial charge in [-0.1, -0.05) is 49.7 Å². The summed E-state index contributed by atoms with van der Waals surface area (Å²) >= 11 is 6.02. The van der Waals surface area contributed by atoms with Gasteiger partial charge >= 0.3 is 0 Å². The second-order valence-corrected chi connectivity index (χ2v) is 8.46. The maximum Gasteiger partial charge on any atom is 0.272 e. The Morgan fingerprint density at radius 1 is 1.20 bits per heavy atom. The number of carbonyl (C=O) groups is 1. The molecule has 3 N–H and O–H groups in total. The van der Waals surface area contributed by atoms with Crippen molar-refractivity contribution >= 4 is 33.1 Å². The monoisotopic (exact) mass is 379 g/mol. The predicted molar refractivity (Wildman–Crippen MR) is 103 cm³/mol. The second-order valence-electron chi connectivity index (χ2n) is 6.12. The number of hydrogen-bond acceptors (Lipinski definition) is 3. The molecular weight excluding hydrogens is 358 g/mol. The zero-order chi connectivity index (χ0) is 18.4. The Kier molecular flexibility index (Phi) is 6.58. The van der Waals surface area contributed by atoms with Crippen LogP contribution in [0.5, 0.6) is 0 Å². The summed E-state index contributed by atoms with van der Waals surface area (Å²) in [5.74, 6) is -0.361. The van der Waals surface area contributed by atoms with Gasteiger partial charge in [-0.05, 0) is 42.7 Å². The van der Waals surface area contributed by atoms with Gasteiger partial charge in [-0.2, -0.15) is 0 Å². The van der Waals surface area contributed by atoms with E-state index < -0.39 is 21.9 Å². The normalized spacial score (nSPS) is 14.6. The standard InChI is InChI=1S/C18H22ClN3O2S/c1-13(2)11-17(20)18(23)22-25(24,16-10-6-7-14(19)12-16)21-15-8-4-3-5-9-15/h3-10,12-13,17H,11,20H2,1-2H3,(H,21,22,23,24)/t17-,25?/m0/s1. The number of carbonyl (C=O) groups excluding carboxylic acids is 1. The first-order valence-corrected chi connectivity index (χ1v) is 9.84. The number of nitrogens with zero attached hydrogens (tertiary/aromatic N) is 1. The molecule has 0 saturated carbocycles. The summed E-state index contributed by atoms with van der Waals surface area (Å²) in [4.78, 5) is 12.7. The third kappa shape index (κ3) is 5.56. The molecule has 7 heteroatoms. The zero-order valence-corrected chi connectivity index (χ0v) is 15.8. The summed E-state index contributed by atoms with van der Waals surface area (Å²) in [6.45, 7) is 3.92. The van der Waals surface area contributed by atoms with Crippen LogP contribution in [0.2, 0.25) is 5.02 Å². The lowest BCUT2D eigenvalue weighted by atomic mass is 10.0. The van der Waals surface area contributed by atoms with Crippen molar-refractivity contribution in [3.63, 3.8) is 0 Å². The molecular formula is C18H22ClN3O2S. The van der Waals surface area contributed by atoms with Crippen LogP contribution in [-0.2, 0) is 14.7 Å². The molecule has 2 atom stereocenters. The third-order valence-corrected chi connectivity index (χ3v) is 5.48. The first-order chi connectivity index (χ1) is 11.8. The van der Waals surface area contributed by atoms with E-state index in [-0.39, 0.29) is 5.92 Å². The molecule has 0 spiro atoms. The molecule has 0 aliphatic carbocycles. The summed E-state index contributed by atoms with van der Waals surface area (Å²) in [6.07, 6.45) is 0.471. The summed E-state index contributed by atoms with van der Waals surface area (Å²) in [5, 5.41) is 0.411. The fraction of sp³-hybridized carbons (Fsp3) is 0.278. The minimum absolute atomic E-state index is 0.235. The lowest BCUT2D eigenvalue weighted by molar-refractivity contribution is -0.119. The van der Waals surface area contributed by atoms with Gasteiger partial charge in [0, 0.05) is 10.7 Å². The Balaban J connectivity index is 2.47. The number of nitrogens with one attached hydrogen (secondary N) is 1. The number of halogens is 1.